The van der Waals surface area contributed by atoms with Crippen LogP contribution in [0.1, 0.15) is 39.5 Å². The van der Waals surface area contributed by atoms with Crippen LogP contribution in [0.15, 0.2) is 18.3 Å². The number of halogens is 1. The fourth-order valence-electron chi connectivity index (χ4n) is 1.91. The molecule has 0 fully saturated rings. The highest BCUT2D eigenvalue weighted by atomic mass is 19.1. The molecule has 0 radical (unpaired) electrons. The summed E-state index contributed by atoms with van der Waals surface area (Å²) in [5, 5.41) is 7.44. The maximum absolute atomic E-state index is 13.0. The number of aromatic nitrogens is 3. The molecule has 0 aliphatic heterocycles. The third kappa shape index (κ3) is 3.18. The van der Waals surface area contributed by atoms with Crippen molar-refractivity contribution in [2.75, 3.05) is 5.32 Å². The Bertz CT molecular complexity index is 509. The second-order valence-corrected chi connectivity index (χ2v) is 4.63. The normalized spacial score (nSPS) is 12.8. The van der Waals surface area contributed by atoms with Gasteiger partial charge in [-0.1, -0.05) is 26.2 Å². The van der Waals surface area contributed by atoms with Gasteiger partial charge in [0.15, 0.2) is 5.65 Å². The first kappa shape index (κ1) is 12.8. The lowest BCUT2D eigenvalue weighted by atomic mass is 10.1. The summed E-state index contributed by atoms with van der Waals surface area (Å²) >= 11 is 0. The van der Waals surface area contributed by atoms with Crippen molar-refractivity contribution >= 4 is 11.6 Å². The van der Waals surface area contributed by atoms with Gasteiger partial charge in [0.1, 0.15) is 5.82 Å². The number of nitrogens with zero attached hydrogens (tertiary/aromatic N) is 3. The molecule has 2 aromatic rings. The van der Waals surface area contributed by atoms with Gasteiger partial charge in [-0.15, -0.1) is 5.10 Å². The number of hydrogen-bond donors (Lipinski definition) is 1. The van der Waals surface area contributed by atoms with E-state index in [2.05, 4.69) is 29.2 Å². The first-order valence-corrected chi connectivity index (χ1v) is 6.47. The van der Waals surface area contributed by atoms with Crippen LogP contribution in [-0.2, 0) is 0 Å². The molecule has 2 rings (SSSR count). The molecule has 0 saturated heterocycles. The highest BCUT2D eigenvalue weighted by Crippen LogP contribution is 2.10. The van der Waals surface area contributed by atoms with Crippen molar-refractivity contribution in [3.8, 4) is 0 Å². The topological polar surface area (TPSA) is 42.2 Å². The number of rotatable bonds is 6. The Labute approximate surface area is 106 Å². The number of hydrogen-bond acceptors (Lipinski definition) is 3. The lowest BCUT2D eigenvalue weighted by Gasteiger charge is -2.11. The predicted octanol–water partition coefficient (Wildman–Crippen LogP) is 3.25. The summed E-state index contributed by atoms with van der Waals surface area (Å²) < 4.78 is 14.5. The molecule has 5 heteroatoms. The molecule has 1 unspecified atom stereocenters. The molecule has 1 N–H and O–H groups in total. The molecule has 98 valence electrons. The smallest absolute Gasteiger partial charge is 0.243 e. The van der Waals surface area contributed by atoms with Gasteiger partial charge < -0.3 is 5.32 Å². The lowest BCUT2D eigenvalue weighted by molar-refractivity contribution is 0.609. The van der Waals surface area contributed by atoms with E-state index in [0.717, 1.165) is 6.42 Å². The van der Waals surface area contributed by atoms with E-state index >= 15 is 0 Å². The van der Waals surface area contributed by atoms with Crippen molar-refractivity contribution in [2.45, 2.75) is 45.6 Å². The zero-order chi connectivity index (χ0) is 13.0. The SMILES string of the molecule is CCCCCC(C)Nc1nc2ccc(F)cn2n1. The lowest BCUT2D eigenvalue weighted by Crippen LogP contribution is -2.15. The second-order valence-electron chi connectivity index (χ2n) is 4.63. The summed E-state index contributed by atoms with van der Waals surface area (Å²) in [5.41, 5.74) is 0.652. The van der Waals surface area contributed by atoms with E-state index in [-0.39, 0.29) is 5.82 Å². The Morgan fingerprint density at radius 1 is 1.39 bits per heavy atom. The molecule has 2 aromatic heterocycles. The fraction of sp³-hybridized carbons (Fsp3) is 0.538. The van der Waals surface area contributed by atoms with Gasteiger partial charge in [0.25, 0.3) is 0 Å². The third-order valence-corrected chi connectivity index (χ3v) is 2.91. The molecular formula is C13H19FN4. The van der Waals surface area contributed by atoms with Gasteiger partial charge in [-0.3, -0.25) is 0 Å². The molecule has 4 nitrogen and oxygen atoms in total. The van der Waals surface area contributed by atoms with Crippen molar-refractivity contribution in [1.82, 2.24) is 14.6 Å². The molecular weight excluding hydrogens is 231 g/mol. The summed E-state index contributed by atoms with van der Waals surface area (Å²) in [4.78, 5) is 4.30. The Morgan fingerprint density at radius 3 is 3.00 bits per heavy atom. The van der Waals surface area contributed by atoms with Crippen molar-refractivity contribution in [1.29, 1.82) is 0 Å². The van der Waals surface area contributed by atoms with Crippen LogP contribution >= 0.6 is 0 Å². The standard InChI is InChI=1S/C13H19FN4/c1-3-4-5-6-10(2)15-13-16-12-8-7-11(14)9-18(12)17-13/h7-10H,3-6H2,1-2H3,(H,15,17). The van der Waals surface area contributed by atoms with E-state index in [0.29, 0.717) is 17.6 Å². The summed E-state index contributed by atoms with van der Waals surface area (Å²) in [5.74, 6) is 0.250. The molecule has 18 heavy (non-hydrogen) atoms. The molecule has 0 aliphatic rings. The molecule has 2 heterocycles. The average Bonchev–Trinajstić information content (AvgIpc) is 2.70. The second kappa shape index (κ2) is 5.80. The highest BCUT2D eigenvalue weighted by molar-refractivity contribution is 5.43. The minimum absolute atomic E-state index is 0.310. The molecule has 0 saturated carbocycles. The van der Waals surface area contributed by atoms with Gasteiger partial charge in [0.05, 0.1) is 6.20 Å². The van der Waals surface area contributed by atoms with Crippen LogP contribution in [0.5, 0.6) is 0 Å². The average molecular weight is 250 g/mol. The number of pyridine rings is 1. The van der Waals surface area contributed by atoms with E-state index in [1.54, 1.807) is 6.07 Å². The zero-order valence-electron chi connectivity index (χ0n) is 10.9. The number of unbranched alkanes of at least 4 members (excludes halogenated alkanes) is 2. The quantitative estimate of drug-likeness (QED) is 0.800. The third-order valence-electron chi connectivity index (χ3n) is 2.91. The Kier molecular flexibility index (Phi) is 4.12. The van der Waals surface area contributed by atoms with Crippen molar-refractivity contribution in [2.24, 2.45) is 0 Å². The zero-order valence-corrected chi connectivity index (χ0v) is 10.9. The van der Waals surface area contributed by atoms with Crippen LogP contribution in [0.2, 0.25) is 0 Å². The van der Waals surface area contributed by atoms with Gasteiger partial charge in [0.2, 0.25) is 5.95 Å². The monoisotopic (exact) mass is 250 g/mol. The van der Waals surface area contributed by atoms with Crippen LogP contribution < -0.4 is 5.32 Å². The van der Waals surface area contributed by atoms with Gasteiger partial charge in [-0.2, -0.15) is 4.98 Å². The molecule has 0 aliphatic carbocycles. The number of nitrogens with one attached hydrogen (secondary N) is 1. The van der Waals surface area contributed by atoms with Gasteiger partial charge in [-0.05, 0) is 25.5 Å². The van der Waals surface area contributed by atoms with Crippen LogP contribution in [0.4, 0.5) is 10.3 Å². The van der Waals surface area contributed by atoms with Crippen molar-refractivity contribution in [3.63, 3.8) is 0 Å². The Balaban J connectivity index is 1.98. The maximum Gasteiger partial charge on any atom is 0.243 e. The van der Waals surface area contributed by atoms with E-state index in [1.165, 1.54) is 36.0 Å². The van der Waals surface area contributed by atoms with E-state index in [1.807, 2.05) is 0 Å². The summed E-state index contributed by atoms with van der Waals surface area (Å²) in [6, 6.07) is 3.34. The van der Waals surface area contributed by atoms with Crippen LogP contribution in [0.3, 0.4) is 0 Å². The number of anilines is 1. The fourth-order valence-corrected chi connectivity index (χ4v) is 1.91. The summed E-state index contributed by atoms with van der Waals surface area (Å²) in [7, 11) is 0. The Hall–Kier alpha value is -1.65. The van der Waals surface area contributed by atoms with Crippen molar-refractivity contribution in [3.05, 3.63) is 24.1 Å². The molecule has 0 aromatic carbocycles. The first-order valence-electron chi connectivity index (χ1n) is 6.47. The van der Waals surface area contributed by atoms with E-state index < -0.39 is 0 Å². The largest absolute Gasteiger partial charge is 0.350 e. The van der Waals surface area contributed by atoms with E-state index in [4.69, 9.17) is 0 Å². The van der Waals surface area contributed by atoms with Gasteiger partial charge in [-0.25, -0.2) is 8.91 Å². The van der Waals surface area contributed by atoms with Crippen LogP contribution in [0, 0.1) is 5.82 Å². The Morgan fingerprint density at radius 2 is 2.22 bits per heavy atom. The first-order chi connectivity index (χ1) is 8.69. The molecule has 0 spiro atoms. The minimum atomic E-state index is -0.310. The van der Waals surface area contributed by atoms with Gasteiger partial charge >= 0.3 is 0 Å². The summed E-state index contributed by atoms with van der Waals surface area (Å²) in [6.07, 6.45) is 6.09. The van der Waals surface area contributed by atoms with Gasteiger partial charge in [0, 0.05) is 6.04 Å². The predicted molar refractivity (Wildman–Crippen MR) is 70.2 cm³/mol. The maximum atomic E-state index is 13.0. The molecule has 0 amide bonds. The van der Waals surface area contributed by atoms with Crippen LogP contribution in [-0.4, -0.2) is 20.6 Å². The van der Waals surface area contributed by atoms with Crippen molar-refractivity contribution < 1.29 is 4.39 Å². The molecule has 1 atom stereocenters. The highest BCUT2D eigenvalue weighted by Gasteiger charge is 2.07. The summed E-state index contributed by atoms with van der Waals surface area (Å²) in [6.45, 7) is 4.30. The van der Waals surface area contributed by atoms with E-state index in [9.17, 15) is 4.39 Å². The minimum Gasteiger partial charge on any atom is -0.350 e. The molecule has 0 bridgehead atoms. The van der Waals surface area contributed by atoms with Crippen LogP contribution in [0.25, 0.3) is 5.65 Å². The number of fused-ring (bicyclic) bond motifs is 1.